The van der Waals surface area contributed by atoms with Crippen LogP contribution in [-0.4, -0.2) is 11.2 Å². The Hall–Kier alpha value is -0.560. The predicted octanol–water partition coefficient (Wildman–Crippen LogP) is 2.28. The van der Waals surface area contributed by atoms with Gasteiger partial charge < -0.3 is 5.11 Å². The first-order valence-electron chi connectivity index (χ1n) is 4.16. The summed E-state index contributed by atoms with van der Waals surface area (Å²) < 4.78 is 0. The molecule has 0 spiro atoms. The SMILES string of the molecule is CC1=CC=C(C(C)C)CC1O. The molecular weight excluding hydrogens is 136 g/mol. The number of rotatable bonds is 1. The first-order valence-corrected chi connectivity index (χ1v) is 4.16. The lowest BCUT2D eigenvalue weighted by Gasteiger charge is -2.20. The van der Waals surface area contributed by atoms with Crippen LogP contribution in [0.3, 0.4) is 0 Å². The Bertz CT molecular complexity index is 199. The van der Waals surface area contributed by atoms with Gasteiger partial charge in [0.15, 0.2) is 0 Å². The lowest BCUT2D eigenvalue weighted by molar-refractivity contribution is 0.206. The van der Waals surface area contributed by atoms with Gasteiger partial charge in [0.1, 0.15) is 0 Å². The molecule has 11 heavy (non-hydrogen) atoms. The maximum Gasteiger partial charge on any atom is 0.0787 e. The highest BCUT2D eigenvalue weighted by Gasteiger charge is 2.14. The van der Waals surface area contributed by atoms with Crippen LogP contribution < -0.4 is 0 Å². The summed E-state index contributed by atoms with van der Waals surface area (Å²) in [5.41, 5.74) is 2.43. The minimum atomic E-state index is -0.239. The lowest BCUT2D eigenvalue weighted by atomic mass is 9.90. The number of aliphatic hydroxyl groups is 1. The summed E-state index contributed by atoms with van der Waals surface area (Å²) in [6.07, 6.45) is 4.73. The zero-order valence-corrected chi connectivity index (χ0v) is 7.46. The summed E-state index contributed by atoms with van der Waals surface area (Å²) in [5, 5.41) is 9.49. The van der Waals surface area contributed by atoms with Gasteiger partial charge in [0.25, 0.3) is 0 Å². The summed E-state index contributed by atoms with van der Waals surface area (Å²) in [4.78, 5) is 0. The van der Waals surface area contributed by atoms with Crippen molar-refractivity contribution in [2.45, 2.75) is 33.3 Å². The van der Waals surface area contributed by atoms with Gasteiger partial charge in [0.05, 0.1) is 6.10 Å². The smallest absolute Gasteiger partial charge is 0.0787 e. The van der Waals surface area contributed by atoms with Crippen LogP contribution in [0.1, 0.15) is 27.2 Å². The highest BCUT2D eigenvalue weighted by molar-refractivity contribution is 5.27. The molecule has 0 saturated carbocycles. The number of aliphatic hydroxyl groups excluding tert-OH is 1. The molecule has 0 bridgehead atoms. The molecule has 1 rings (SSSR count). The van der Waals surface area contributed by atoms with Crippen molar-refractivity contribution in [1.82, 2.24) is 0 Å². The van der Waals surface area contributed by atoms with Gasteiger partial charge in [-0.15, -0.1) is 0 Å². The van der Waals surface area contributed by atoms with Gasteiger partial charge in [-0.2, -0.15) is 0 Å². The largest absolute Gasteiger partial charge is 0.388 e. The molecule has 0 amide bonds. The van der Waals surface area contributed by atoms with Gasteiger partial charge >= 0.3 is 0 Å². The second-order valence-electron chi connectivity index (χ2n) is 3.53. The van der Waals surface area contributed by atoms with Crippen molar-refractivity contribution in [2.24, 2.45) is 5.92 Å². The van der Waals surface area contributed by atoms with E-state index in [1.54, 1.807) is 0 Å². The van der Waals surface area contributed by atoms with Gasteiger partial charge in [0, 0.05) is 0 Å². The zero-order valence-electron chi connectivity index (χ0n) is 7.46. The average Bonchev–Trinajstić information content (AvgIpc) is 1.94. The van der Waals surface area contributed by atoms with Gasteiger partial charge in [-0.3, -0.25) is 0 Å². The zero-order chi connectivity index (χ0) is 8.43. The molecule has 0 aromatic rings. The monoisotopic (exact) mass is 152 g/mol. The van der Waals surface area contributed by atoms with E-state index in [0.29, 0.717) is 5.92 Å². The summed E-state index contributed by atoms with van der Waals surface area (Å²) >= 11 is 0. The molecule has 0 heterocycles. The van der Waals surface area contributed by atoms with E-state index in [2.05, 4.69) is 19.9 Å². The van der Waals surface area contributed by atoms with Crippen molar-refractivity contribution in [2.75, 3.05) is 0 Å². The molecule has 0 saturated heterocycles. The Balaban J connectivity index is 2.73. The molecular formula is C10H16O. The van der Waals surface area contributed by atoms with Gasteiger partial charge in [-0.25, -0.2) is 0 Å². The van der Waals surface area contributed by atoms with Crippen LogP contribution in [0.15, 0.2) is 23.3 Å². The van der Waals surface area contributed by atoms with Crippen molar-refractivity contribution < 1.29 is 5.11 Å². The molecule has 1 heteroatoms. The Morgan fingerprint density at radius 1 is 1.45 bits per heavy atom. The molecule has 1 nitrogen and oxygen atoms in total. The van der Waals surface area contributed by atoms with Crippen molar-refractivity contribution >= 4 is 0 Å². The minimum Gasteiger partial charge on any atom is -0.388 e. The van der Waals surface area contributed by atoms with Gasteiger partial charge in [-0.1, -0.05) is 31.6 Å². The third-order valence-electron chi connectivity index (χ3n) is 2.26. The highest BCUT2D eigenvalue weighted by Crippen LogP contribution is 2.23. The fourth-order valence-corrected chi connectivity index (χ4v) is 1.23. The lowest BCUT2D eigenvalue weighted by Crippen LogP contribution is -2.14. The van der Waals surface area contributed by atoms with Gasteiger partial charge in [-0.05, 0) is 24.8 Å². The summed E-state index contributed by atoms with van der Waals surface area (Å²) in [5.74, 6) is 0.564. The van der Waals surface area contributed by atoms with E-state index in [1.165, 1.54) is 5.57 Å². The van der Waals surface area contributed by atoms with Crippen LogP contribution in [0.5, 0.6) is 0 Å². The van der Waals surface area contributed by atoms with Crippen molar-refractivity contribution in [3.05, 3.63) is 23.3 Å². The Morgan fingerprint density at radius 2 is 2.09 bits per heavy atom. The molecule has 1 aliphatic rings. The Labute approximate surface area is 68.4 Å². The van der Waals surface area contributed by atoms with Crippen LogP contribution >= 0.6 is 0 Å². The normalized spacial score (nSPS) is 25.0. The van der Waals surface area contributed by atoms with Crippen LogP contribution in [-0.2, 0) is 0 Å². The van der Waals surface area contributed by atoms with Crippen LogP contribution in [0.25, 0.3) is 0 Å². The van der Waals surface area contributed by atoms with Crippen molar-refractivity contribution in [3.8, 4) is 0 Å². The highest BCUT2D eigenvalue weighted by atomic mass is 16.3. The predicted molar refractivity (Wildman–Crippen MR) is 47.3 cm³/mol. The summed E-state index contributed by atoms with van der Waals surface area (Å²) in [6, 6.07) is 0. The topological polar surface area (TPSA) is 20.2 Å². The van der Waals surface area contributed by atoms with E-state index >= 15 is 0 Å². The average molecular weight is 152 g/mol. The van der Waals surface area contributed by atoms with Crippen molar-refractivity contribution in [3.63, 3.8) is 0 Å². The van der Waals surface area contributed by atoms with Crippen molar-refractivity contribution in [1.29, 1.82) is 0 Å². The molecule has 1 atom stereocenters. The fourth-order valence-electron chi connectivity index (χ4n) is 1.23. The van der Waals surface area contributed by atoms with E-state index in [4.69, 9.17) is 0 Å². The standard InChI is InChI=1S/C10H16O/c1-7(2)9-5-4-8(3)10(11)6-9/h4-5,7,10-11H,6H2,1-3H3. The van der Waals surface area contributed by atoms with E-state index in [9.17, 15) is 5.11 Å². The number of hydrogen-bond acceptors (Lipinski definition) is 1. The molecule has 0 aromatic heterocycles. The quantitative estimate of drug-likeness (QED) is 0.611. The molecule has 1 N–H and O–H groups in total. The second kappa shape index (κ2) is 3.22. The van der Waals surface area contributed by atoms with Crippen LogP contribution in [0, 0.1) is 5.92 Å². The second-order valence-corrected chi connectivity index (χ2v) is 3.53. The first-order chi connectivity index (χ1) is 5.11. The maximum atomic E-state index is 9.49. The Morgan fingerprint density at radius 3 is 2.55 bits per heavy atom. The van der Waals surface area contributed by atoms with E-state index < -0.39 is 0 Å². The molecule has 0 aliphatic heterocycles. The third-order valence-corrected chi connectivity index (χ3v) is 2.26. The summed E-state index contributed by atoms with van der Waals surface area (Å²) in [7, 11) is 0. The molecule has 0 aromatic carbocycles. The number of allylic oxidation sites excluding steroid dienone is 2. The van der Waals surface area contributed by atoms with Crippen LogP contribution in [0.2, 0.25) is 0 Å². The molecule has 0 radical (unpaired) electrons. The van der Waals surface area contributed by atoms with Gasteiger partial charge in [0.2, 0.25) is 0 Å². The van der Waals surface area contributed by atoms with E-state index in [0.717, 1.165) is 12.0 Å². The molecule has 62 valence electrons. The molecule has 1 aliphatic carbocycles. The van der Waals surface area contributed by atoms with E-state index in [-0.39, 0.29) is 6.10 Å². The first kappa shape index (κ1) is 8.54. The van der Waals surface area contributed by atoms with Crippen LogP contribution in [0.4, 0.5) is 0 Å². The fraction of sp³-hybridized carbons (Fsp3) is 0.600. The maximum absolute atomic E-state index is 9.49. The molecule has 1 unspecified atom stereocenters. The minimum absolute atomic E-state index is 0.239. The third kappa shape index (κ3) is 1.93. The summed E-state index contributed by atoms with van der Waals surface area (Å²) in [6.45, 7) is 6.29. The Kier molecular flexibility index (Phi) is 2.50. The number of hydrogen-bond donors (Lipinski definition) is 1. The van der Waals surface area contributed by atoms with E-state index in [1.807, 2.05) is 13.0 Å². The molecule has 0 fully saturated rings.